The fourth-order valence-electron chi connectivity index (χ4n) is 2.73. The van der Waals surface area contributed by atoms with Crippen molar-refractivity contribution in [2.24, 2.45) is 0 Å². The largest absolute Gasteiger partial charge is 0.452 e. The lowest BCUT2D eigenvalue weighted by atomic mass is 10.1. The Labute approximate surface area is 163 Å². The molecule has 1 amide bonds. The zero-order chi connectivity index (χ0) is 19.1. The maximum Gasteiger partial charge on any atom is 0.338 e. The van der Waals surface area contributed by atoms with E-state index in [-0.39, 0.29) is 6.61 Å². The van der Waals surface area contributed by atoms with Crippen LogP contribution in [0.4, 0.5) is 5.69 Å². The number of hydrogen-bond donors (Lipinski definition) is 1. The van der Waals surface area contributed by atoms with Gasteiger partial charge in [0.15, 0.2) is 6.61 Å². The number of nitrogens with zero attached hydrogens (tertiary/aromatic N) is 1. The molecule has 0 atom stereocenters. The van der Waals surface area contributed by atoms with Gasteiger partial charge in [-0.05, 0) is 29.8 Å². The lowest BCUT2D eigenvalue weighted by Crippen LogP contribution is -2.35. The van der Waals surface area contributed by atoms with E-state index in [0.29, 0.717) is 16.3 Å². The van der Waals surface area contributed by atoms with Gasteiger partial charge < -0.3 is 14.8 Å². The third-order valence-electron chi connectivity index (χ3n) is 4.18. The molecule has 1 saturated heterocycles. The van der Waals surface area contributed by atoms with Gasteiger partial charge in [-0.25, -0.2) is 4.79 Å². The summed E-state index contributed by atoms with van der Waals surface area (Å²) in [6.45, 7) is 3.76. The second kappa shape index (κ2) is 9.50. The SMILES string of the molecule is O=C(COC(=O)c1ccc(CN2CCOCC2)cc1)Nc1ccccc1Cl. The number of morpholine rings is 1. The lowest BCUT2D eigenvalue weighted by Gasteiger charge is -2.26. The van der Waals surface area contributed by atoms with E-state index in [2.05, 4.69) is 10.2 Å². The van der Waals surface area contributed by atoms with Crippen molar-refractivity contribution >= 4 is 29.2 Å². The summed E-state index contributed by atoms with van der Waals surface area (Å²) in [5.41, 5.74) is 2.00. The molecule has 2 aromatic carbocycles. The number of amides is 1. The average molecular weight is 389 g/mol. The first kappa shape index (κ1) is 19.4. The van der Waals surface area contributed by atoms with Crippen LogP contribution in [0.15, 0.2) is 48.5 Å². The summed E-state index contributed by atoms with van der Waals surface area (Å²) in [5, 5.41) is 3.03. The molecule has 1 aliphatic heterocycles. The number of para-hydroxylation sites is 1. The molecule has 1 aliphatic rings. The number of carbonyl (C=O) groups is 2. The number of benzene rings is 2. The topological polar surface area (TPSA) is 67.9 Å². The van der Waals surface area contributed by atoms with Gasteiger partial charge in [-0.2, -0.15) is 0 Å². The molecule has 0 unspecified atom stereocenters. The number of carbonyl (C=O) groups excluding carboxylic acids is 2. The van der Waals surface area contributed by atoms with E-state index < -0.39 is 11.9 Å². The Kier molecular flexibility index (Phi) is 6.81. The van der Waals surface area contributed by atoms with E-state index >= 15 is 0 Å². The van der Waals surface area contributed by atoms with Crippen LogP contribution in [0.3, 0.4) is 0 Å². The minimum Gasteiger partial charge on any atom is -0.452 e. The van der Waals surface area contributed by atoms with Gasteiger partial charge in [-0.15, -0.1) is 0 Å². The Morgan fingerprint density at radius 1 is 1.07 bits per heavy atom. The number of esters is 1. The minimum atomic E-state index is -0.540. The zero-order valence-electron chi connectivity index (χ0n) is 14.8. The van der Waals surface area contributed by atoms with E-state index in [9.17, 15) is 9.59 Å². The summed E-state index contributed by atoms with van der Waals surface area (Å²) in [6, 6.07) is 14.1. The van der Waals surface area contributed by atoms with Gasteiger partial charge in [0.25, 0.3) is 5.91 Å². The van der Waals surface area contributed by atoms with Crippen LogP contribution in [0.25, 0.3) is 0 Å². The second-order valence-electron chi connectivity index (χ2n) is 6.19. The lowest BCUT2D eigenvalue weighted by molar-refractivity contribution is -0.119. The summed E-state index contributed by atoms with van der Waals surface area (Å²) in [5.74, 6) is -0.984. The third-order valence-corrected chi connectivity index (χ3v) is 4.51. The van der Waals surface area contributed by atoms with Crippen LogP contribution in [0.2, 0.25) is 5.02 Å². The van der Waals surface area contributed by atoms with Gasteiger partial charge in [0.2, 0.25) is 0 Å². The maximum absolute atomic E-state index is 12.1. The number of anilines is 1. The molecule has 1 fully saturated rings. The minimum absolute atomic E-state index is 0.375. The van der Waals surface area contributed by atoms with E-state index in [1.165, 1.54) is 0 Å². The summed E-state index contributed by atoms with van der Waals surface area (Å²) in [7, 11) is 0. The van der Waals surface area contributed by atoms with Crippen LogP contribution in [0, 0.1) is 0 Å². The van der Waals surface area contributed by atoms with Crippen molar-refractivity contribution in [1.29, 1.82) is 0 Å². The molecule has 0 radical (unpaired) electrons. The first-order chi connectivity index (χ1) is 13.1. The molecule has 1 N–H and O–H groups in total. The van der Waals surface area contributed by atoms with Gasteiger partial charge in [0, 0.05) is 19.6 Å². The van der Waals surface area contributed by atoms with Gasteiger partial charge in [0.05, 0.1) is 29.5 Å². The monoisotopic (exact) mass is 388 g/mol. The Bertz CT molecular complexity index is 789. The second-order valence-corrected chi connectivity index (χ2v) is 6.60. The van der Waals surface area contributed by atoms with Crippen molar-refractivity contribution in [3.63, 3.8) is 0 Å². The van der Waals surface area contributed by atoms with Crippen molar-refractivity contribution in [3.8, 4) is 0 Å². The smallest absolute Gasteiger partial charge is 0.338 e. The number of ether oxygens (including phenoxy) is 2. The molecule has 0 saturated carbocycles. The summed E-state index contributed by atoms with van der Waals surface area (Å²) >= 11 is 5.98. The van der Waals surface area contributed by atoms with Crippen LogP contribution in [0.1, 0.15) is 15.9 Å². The van der Waals surface area contributed by atoms with Crippen LogP contribution < -0.4 is 5.32 Å². The van der Waals surface area contributed by atoms with Crippen LogP contribution >= 0.6 is 11.6 Å². The molecule has 27 heavy (non-hydrogen) atoms. The van der Waals surface area contributed by atoms with E-state index in [1.807, 2.05) is 12.1 Å². The fourth-order valence-corrected chi connectivity index (χ4v) is 2.91. The van der Waals surface area contributed by atoms with Crippen molar-refractivity contribution in [2.45, 2.75) is 6.54 Å². The van der Waals surface area contributed by atoms with Crippen molar-refractivity contribution in [2.75, 3.05) is 38.2 Å². The summed E-state index contributed by atoms with van der Waals surface area (Å²) in [4.78, 5) is 26.3. The third kappa shape index (κ3) is 5.79. The molecule has 0 spiro atoms. The number of nitrogens with one attached hydrogen (secondary N) is 1. The van der Waals surface area contributed by atoms with E-state index in [1.54, 1.807) is 36.4 Å². The summed E-state index contributed by atoms with van der Waals surface area (Å²) < 4.78 is 10.4. The first-order valence-corrected chi connectivity index (χ1v) is 9.10. The quantitative estimate of drug-likeness (QED) is 0.770. The van der Waals surface area contributed by atoms with E-state index in [4.69, 9.17) is 21.1 Å². The summed E-state index contributed by atoms with van der Waals surface area (Å²) in [6.07, 6.45) is 0. The molecule has 142 valence electrons. The van der Waals surface area contributed by atoms with Gasteiger partial charge in [-0.1, -0.05) is 35.9 Å². The molecule has 2 aromatic rings. The Balaban J connectivity index is 1.47. The van der Waals surface area contributed by atoms with Gasteiger partial charge >= 0.3 is 5.97 Å². The molecule has 0 bridgehead atoms. The average Bonchev–Trinajstić information content (AvgIpc) is 2.69. The fraction of sp³-hybridized carbons (Fsp3) is 0.300. The predicted molar refractivity (Wildman–Crippen MR) is 103 cm³/mol. The van der Waals surface area contributed by atoms with Crippen LogP contribution in [-0.2, 0) is 20.8 Å². The van der Waals surface area contributed by atoms with Crippen LogP contribution in [-0.4, -0.2) is 49.7 Å². The molecular formula is C20H21ClN2O4. The van der Waals surface area contributed by atoms with Gasteiger partial charge in [-0.3, -0.25) is 9.69 Å². The highest BCUT2D eigenvalue weighted by Gasteiger charge is 2.13. The number of hydrogen-bond acceptors (Lipinski definition) is 5. The Morgan fingerprint density at radius 2 is 1.78 bits per heavy atom. The highest BCUT2D eigenvalue weighted by molar-refractivity contribution is 6.33. The van der Waals surface area contributed by atoms with Crippen molar-refractivity contribution in [3.05, 3.63) is 64.7 Å². The Morgan fingerprint density at radius 3 is 2.48 bits per heavy atom. The van der Waals surface area contributed by atoms with Crippen molar-refractivity contribution < 1.29 is 19.1 Å². The maximum atomic E-state index is 12.1. The normalized spacial score (nSPS) is 14.6. The number of halogens is 1. The molecular weight excluding hydrogens is 368 g/mol. The van der Waals surface area contributed by atoms with Crippen LogP contribution in [0.5, 0.6) is 0 Å². The molecule has 0 aliphatic carbocycles. The zero-order valence-corrected chi connectivity index (χ0v) is 15.6. The van der Waals surface area contributed by atoms with E-state index in [0.717, 1.165) is 38.4 Å². The molecule has 1 heterocycles. The van der Waals surface area contributed by atoms with Gasteiger partial charge in [0.1, 0.15) is 0 Å². The highest BCUT2D eigenvalue weighted by atomic mass is 35.5. The molecule has 3 rings (SSSR count). The first-order valence-electron chi connectivity index (χ1n) is 8.72. The Hall–Kier alpha value is -2.41. The van der Waals surface area contributed by atoms with Crippen molar-refractivity contribution in [1.82, 2.24) is 4.90 Å². The molecule has 6 nitrogen and oxygen atoms in total. The number of rotatable bonds is 6. The highest BCUT2D eigenvalue weighted by Crippen LogP contribution is 2.20. The standard InChI is InChI=1S/C20H21ClN2O4/c21-17-3-1-2-4-18(17)22-19(24)14-27-20(25)16-7-5-15(6-8-16)13-23-9-11-26-12-10-23/h1-8H,9-14H2,(H,22,24). The molecule has 0 aromatic heterocycles. The predicted octanol–water partition coefficient (Wildman–Crippen LogP) is 2.97. The molecule has 7 heteroatoms.